The summed E-state index contributed by atoms with van der Waals surface area (Å²) in [7, 11) is 0. The van der Waals surface area contributed by atoms with E-state index in [1.165, 1.54) is 173 Å². The number of amides is 1. The van der Waals surface area contributed by atoms with Crippen LogP contribution in [-0.4, -0.2) is 87.5 Å². The number of hydrogen-bond donors (Lipinski definition) is 6. The molecule has 0 aromatic rings. The lowest BCUT2D eigenvalue weighted by Gasteiger charge is -2.40. The Labute approximate surface area is 442 Å². The van der Waals surface area contributed by atoms with Crippen molar-refractivity contribution in [2.45, 2.75) is 307 Å². The number of ether oxygens (including phenoxy) is 2. The summed E-state index contributed by atoms with van der Waals surface area (Å²) in [5, 5.41) is 54.6. The molecule has 6 N–H and O–H groups in total. The smallest absolute Gasteiger partial charge is 0.220 e. The van der Waals surface area contributed by atoms with Crippen LogP contribution < -0.4 is 5.32 Å². The van der Waals surface area contributed by atoms with Gasteiger partial charge in [0.05, 0.1) is 25.4 Å². The largest absolute Gasteiger partial charge is 0.394 e. The summed E-state index contributed by atoms with van der Waals surface area (Å²) in [6.07, 6.45) is 65.4. The molecule has 72 heavy (non-hydrogen) atoms. The molecule has 1 heterocycles. The van der Waals surface area contributed by atoms with Crippen molar-refractivity contribution < 1.29 is 39.8 Å². The normalized spacial score (nSPS) is 19.7. The van der Waals surface area contributed by atoms with Crippen molar-refractivity contribution in [3.8, 4) is 0 Å². The molecular weight excluding hydrogens is 899 g/mol. The van der Waals surface area contributed by atoms with Crippen LogP contribution in [0.3, 0.4) is 0 Å². The number of aliphatic hydroxyl groups excluding tert-OH is 5. The highest BCUT2D eigenvalue weighted by atomic mass is 16.7. The molecule has 0 saturated carbocycles. The van der Waals surface area contributed by atoms with Gasteiger partial charge in [-0.1, -0.05) is 267 Å². The van der Waals surface area contributed by atoms with Crippen LogP contribution in [0.4, 0.5) is 0 Å². The van der Waals surface area contributed by atoms with Gasteiger partial charge in [-0.3, -0.25) is 4.79 Å². The Morgan fingerprint density at radius 1 is 0.486 bits per heavy atom. The molecule has 418 valence electrons. The van der Waals surface area contributed by atoms with Crippen molar-refractivity contribution >= 4 is 5.91 Å². The second-order valence-corrected chi connectivity index (χ2v) is 20.8. The predicted octanol–water partition coefficient (Wildman–Crippen LogP) is 15.2. The molecule has 0 aliphatic carbocycles. The Bertz CT molecular complexity index is 1360. The zero-order valence-corrected chi connectivity index (χ0v) is 46.4. The minimum absolute atomic E-state index is 0.177. The van der Waals surface area contributed by atoms with Gasteiger partial charge in [-0.05, 0) is 64.2 Å². The monoisotopic (exact) mass is 1010 g/mol. The summed E-state index contributed by atoms with van der Waals surface area (Å²) in [6, 6.07) is -0.808. The first-order valence-corrected chi connectivity index (χ1v) is 30.2. The standard InChI is InChI=1S/C63H113NO8/c1-3-5-7-9-11-13-15-17-19-21-23-24-25-26-27-28-29-30-31-32-33-34-35-37-39-41-43-45-47-49-51-53-59(67)64-56(55-71-63-62(70)61(69)60(68)58(54-65)72-63)57(66)52-50-48-46-44-42-40-38-36-22-20-18-16-14-12-10-8-6-4-2/h5,7,11,13,17,19,23-24,26-27,50,52,56-58,60-63,65-66,68-70H,3-4,6,8-10,12,14-16,18,20-22,25,28-49,51,53-55H2,1-2H3,(H,64,67)/b7-5-,13-11-,19-17-,24-23-,27-26-,52-50+. The summed E-state index contributed by atoms with van der Waals surface area (Å²) in [6.45, 7) is 3.68. The second-order valence-electron chi connectivity index (χ2n) is 20.8. The molecule has 1 fully saturated rings. The van der Waals surface area contributed by atoms with Crippen LogP contribution in [-0.2, 0) is 14.3 Å². The minimum atomic E-state index is -1.57. The lowest BCUT2D eigenvalue weighted by molar-refractivity contribution is -0.302. The number of rotatable bonds is 51. The van der Waals surface area contributed by atoms with Crippen LogP contribution in [0.5, 0.6) is 0 Å². The Kier molecular flexibility index (Phi) is 48.9. The van der Waals surface area contributed by atoms with Crippen LogP contribution in [0, 0.1) is 0 Å². The Morgan fingerprint density at radius 2 is 0.861 bits per heavy atom. The molecule has 9 heteroatoms. The molecule has 7 unspecified atom stereocenters. The van der Waals surface area contributed by atoms with Crippen molar-refractivity contribution in [3.05, 3.63) is 72.9 Å². The number of nitrogens with one attached hydrogen (secondary N) is 1. The highest BCUT2D eigenvalue weighted by Crippen LogP contribution is 2.23. The summed E-state index contributed by atoms with van der Waals surface area (Å²) in [5.74, 6) is -0.177. The van der Waals surface area contributed by atoms with E-state index in [4.69, 9.17) is 9.47 Å². The molecule has 0 spiro atoms. The van der Waals surface area contributed by atoms with Gasteiger partial charge in [0.1, 0.15) is 24.4 Å². The number of hydrogen-bond acceptors (Lipinski definition) is 8. The van der Waals surface area contributed by atoms with Crippen molar-refractivity contribution in [2.75, 3.05) is 13.2 Å². The third-order valence-electron chi connectivity index (χ3n) is 14.0. The lowest BCUT2D eigenvalue weighted by Crippen LogP contribution is -2.60. The molecule has 9 nitrogen and oxygen atoms in total. The third kappa shape index (κ3) is 40.9. The molecule has 0 bridgehead atoms. The highest BCUT2D eigenvalue weighted by molar-refractivity contribution is 5.76. The molecule has 1 amide bonds. The molecule has 0 radical (unpaired) electrons. The number of aliphatic hydroxyl groups is 5. The van der Waals surface area contributed by atoms with Crippen LogP contribution in [0.25, 0.3) is 0 Å². The van der Waals surface area contributed by atoms with Crippen molar-refractivity contribution in [1.29, 1.82) is 0 Å². The van der Waals surface area contributed by atoms with Gasteiger partial charge in [0.2, 0.25) is 5.91 Å². The number of unbranched alkanes of at least 4 members (excludes halogenated alkanes) is 31. The van der Waals surface area contributed by atoms with Gasteiger partial charge >= 0.3 is 0 Å². The van der Waals surface area contributed by atoms with Gasteiger partial charge in [-0.15, -0.1) is 0 Å². The molecule has 1 saturated heterocycles. The first-order valence-electron chi connectivity index (χ1n) is 30.2. The van der Waals surface area contributed by atoms with E-state index in [-0.39, 0.29) is 12.5 Å². The van der Waals surface area contributed by atoms with Crippen molar-refractivity contribution in [3.63, 3.8) is 0 Å². The molecule has 1 aliphatic rings. The van der Waals surface area contributed by atoms with Gasteiger partial charge in [0, 0.05) is 6.42 Å². The van der Waals surface area contributed by atoms with Crippen molar-refractivity contribution in [1.82, 2.24) is 5.32 Å². The average molecular weight is 1010 g/mol. The van der Waals surface area contributed by atoms with Crippen LogP contribution >= 0.6 is 0 Å². The van der Waals surface area contributed by atoms with Crippen LogP contribution in [0.1, 0.15) is 264 Å². The van der Waals surface area contributed by atoms with Gasteiger partial charge in [0.15, 0.2) is 6.29 Å². The van der Waals surface area contributed by atoms with Crippen LogP contribution in [0.15, 0.2) is 72.9 Å². The maximum absolute atomic E-state index is 13.1. The van der Waals surface area contributed by atoms with E-state index in [0.29, 0.717) is 6.42 Å². The number of carbonyl (C=O) groups excluding carboxylic acids is 1. The predicted molar refractivity (Wildman–Crippen MR) is 304 cm³/mol. The number of allylic oxidation sites excluding steroid dienone is 11. The van der Waals surface area contributed by atoms with Gasteiger partial charge in [-0.25, -0.2) is 0 Å². The zero-order chi connectivity index (χ0) is 52.2. The average Bonchev–Trinajstić information content (AvgIpc) is 3.38. The lowest BCUT2D eigenvalue weighted by atomic mass is 9.99. The fourth-order valence-corrected chi connectivity index (χ4v) is 9.30. The first-order chi connectivity index (χ1) is 35.3. The van der Waals surface area contributed by atoms with E-state index >= 15 is 0 Å². The summed E-state index contributed by atoms with van der Waals surface area (Å²) >= 11 is 0. The third-order valence-corrected chi connectivity index (χ3v) is 14.0. The maximum atomic E-state index is 13.1. The second kappa shape index (κ2) is 52.1. The molecular formula is C63H113NO8. The molecule has 1 aliphatic heterocycles. The summed E-state index contributed by atoms with van der Waals surface area (Å²) in [4.78, 5) is 13.1. The molecule has 0 aromatic carbocycles. The summed E-state index contributed by atoms with van der Waals surface area (Å²) in [5.41, 5.74) is 0. The molecule has 7 atom stereocenters. The summed E-state index contributed by atoms with van der Waals surface area (Å²) < 4.78 is 11.3. The SMILES string of the molecule is CC/C=C\C/C=C\C/C=C\C/C=C\C/C=C\CCCCCCCCCCCCCCCCCC(=O)NC(COC1OC(CO)C(O)C(O)C1O)C(O)/C=C/CCCCCCCCCCCCCCCCCC. The van der Waals surface area contributed by atoms with E-state index in [1.807, 2.05) is 6.08 Å². The van der Waals surface area contributed by atoms with Gasteiger partial charge in [0.25, 0.3) is 0 Å². The van der Waals surface area contributed by atoms with Gasteiger partial charge < -0.3 is 40.3 Å². The zero-order valence-electron chi connectivity index (χ0n) is 46.4. The van der Waals surface area contributed by atoms with Gasteiger partial charge in [-0.2, -0.15) is 0 Å². The highest BCUT2D eigenvalue weighted by Gasteiger charge is 2.44. The van der Waals surface area contributed by atoms with Crippen molar-refractivity contribution in [2.24, 2.45) is 0 Å². The first kappa shape index (κ1) is 67.6. The Morgan fingerprint density at radius 3 is 1.28 bits per heavy atom. The van der Waals surface area contributed by atoms with E-state index in [9.17, 15) is 30.3 Å². The fraction of sp³-hybridized carbons (Fsp3) is 0.794. The minimum Gasteiger partial charge on any atom is -0.394 e. The fourth-order valence-electron chi connectivity index (χ4n) is 9.30. The van der Waals surface area contributed by atoms with E-state index in [2.05, 4.69) is 79.9 Å². The molecule has 1 rings (SSSR count). The quantitative estimate of drug-likeness (QED) is 0.0261. The topological polar surface area (TPSA) is 149 Å². The Balaban J connectivity index is 2.17. The van der Waals surface area contributed by atoms with Crippen LogP contribution in [0.2, 0.25) is 0 Å². The van der Waals surface area contributed by atoms with E-state index in [0.717, 1.165) is 70.6 Å². The van der Waals surface area contributed by atoms with E-state index < -0.39 is 49.5 Å². The maximum Gasteiger partial charge on any atom is 0.220 e. The van der Waals surface area contributed by atoms with E-state index in [1.54, 1.807) is 6.08 Å². The Hall–Kier alpha value is -2.37. The molecule has 0 aromatic heterocycles. The number of carbonyl (C=O) groups is 1.